The summed E-state index contributed by atoms with van der Waals surface area (Å²) in [6.45, 7) is 5.20. The molecule has 3 atom stereocenters. The molecule has 0 spiro atoms. The number of ether oxygens (including phenoxy) is 2. The third kappa shape index (κ3) is 7.05. The Balaban J connectivity index is 1.30. The number of hydrogen-bond donors (Lipinski definition) is 2. The second-order valence-electron chi connectivity index (χ2n) is 11.3. The van der Waals surface area contributed by atoms with Crippen LogP contribution in [0.25, 0.3) is 11.3 Å². The molecule has 2 aliphatic rings. The van der Waals surface area contributed by atoms with Crippen LogP contribution >= 0.6 is 0 Å². The number of anilines is 3. The molecule has 0 aliphatic carbocycles. The number of nitriles is 1. The van der Waals surface area contributed by atoms with E-state index in [2.05, 4.69) is 44.0 Å². The summed E-state index contributed by atoms with van der Waals surface area (Å²) in [5, 5.41) is 22.5. The van der Waals surface area contributed by atoms with Crippen LogP contribution < -0.4 is 19.7 Å². The predicted octanol–water partition coefficient (Wildman–Crippen LogP) is 3.30. The molecule has 45 heavy (non-hydrogen) atoms. The Kier molecular flexibility index (Phi) is 9.31. The van der Waals surface area contributed by atoms with E-state index < -0.39 is 30.6 Å². The van der Waals surface area contributed by atoms with Crippen LogP contribution in [0.1, 0.15) is 25.8 Å². The number of pyridine rings is 1. The number of nitrogens with one attached hydrogen (secondary N) is 1. The van der Waals surface area contributed by atoms with Crippen molar-refractivity contribution in [3.05, 3.63) is 48.3 Å². The molecule has 1 aromatic carbocycles. The number of aromatic nitrogens is 3. The standard InChI is InChI=1S/C31H36F2N8O4/c1-19-16-40(12-11-39(19)3)24-6-8-27(38-29(24)44-4)37-28-14-23(35-18-36-28)21-5-7-25(22(13-21)15-34)45-26-9-10-41(17-31(26,32)33)30(43)20(2)42/h5-8,13-14,18-20,26,42H,9-12,16-17H2,1-4H3,(H,35,36,37,38)/t19-,20?,26?/m0/s1. The lowest BCUT2D eigenvalue weighted by molar-refractivity contribution is -0.165. The third-order valence-corrected chi connectivity index (χ3v) is 8.13. The number of rotatable bonds is 8. The van der Waals surface area contributed by atoms with Crippen LogP contribution in [0.5, 0.6) is 11.6 Å². The Morgan fingerprint density at radius 2 is 1.98 bits per heavy atom. The Hall–Kier alpha value is -4.61. The smallest absolute Gasteiger partial charge is 0.301 e. The summed E-state index contributed by atoms with van der Waals surface area (Å²) >= 11 is 0. The van der Waals surface area contributed by atoms with Gasteiger partial charge in [-0.25, -0.2) is 18.7 Å². The number of benzene rings is 1. The van der Waals surface area contributed by atoms with Crippen molar-refractivity contribution in [2.75, 3.05) is 57.1 Å². The van der Waals surface area contributed by atoms with Gasteiger partial charge in [0, 0.05) is 50.3 Å². The van der Waals surface area contributed by atoms with Gasteiger partial charge in [-0.3, -0.25) is 4.79 Å². The summed E-state index contributed by atoms with van der Waals surface area (Å²) in [7, 11) is 3.70. The Morgan fingerprint density at radius 3 is 2.67 bits per heavy atom. The number of likely N-dealkylation sites (N-methyl/N-ethyl adjacent to an activating group) is 1. The number of amides is 1. The molecule has 2 N–H and O–H groups in total. The van der Waals surface area contributed by atoms with E-state index in [0.29, 0.717) is 34.8 Å². The van der Waals surface area contributed by atoms with E-state index in [4.69, 9.17) is 9.47 Å². The number of methoxy groups -OCH3 is 1. The quantitative estimate of drug-likeness (QED) is 0.383. The maximum absolute atomic E-state index is 14.9. The first-order chi connectivity index (χ1) is 21.5. The summed E-state index contributed by atoms with van der Waals surface area (Å²) in [5.41, 5.74) is 2.01. The number of carbonyl (C=O) groups is 1. The maximum Gasteiger partial charge on any atom is 0.301 e. The molecule has 238 valence electrons. The zero-order chi connectivity index (χ0) is 32.3. The summed E-state index contributed by atoms with van der Waals surface area (Å²) in [6, 6.07) is 12.5. The molecule has 2 aromatic heterocycles. The van der Waals surface area contributed by atoms with E-state index in [-0.39, 0.29) is 24.3 Å². The topological polar surface area (TPSA) is 140 Å². The van der Waals surface area contributed by atoms with Crippen LogP contribution in [0.3, 0.4) is 0 Å². The molecular weight excluding hydrogens is 586 g/mol. The van der Waals surface area contributed by atoms with Gasteiger partial charge in [0.1, 0.15) is 41.6 Å². The Labute approximate surface area is 260 Å². The fourth-order valence-electron chi connectivity index (χ4n) is 5.43. The zero-order valence-electron chi connectivity index (χ0n) is 25.6. The molecule has 4 heterocycles. The van der Waals surface area contributed by atoms with Gasteiger partial charge < -0.3 is 34.6 Å². The van der Waals surface area contributed by atoms with Gasteiger partial charge in [0.25, 0.3) is 5.91 Å². The fraction of sp³-hybridized carbons (Fsp3) is 0.452. The van der Waals surface area contributed by atoms with E-state index in [1.807, 2.05) is 18.2 Å². The Bertz CT molecular complexity index is 1580. The molecule has 1 amide bonds. The highest BCUT2D eigenvalue weighted by molar-refractivity contribution is 5.80. The van der Waals surface area contributed by atoms with Gasteiger partial charge in [-0.05, 0) is 51.2 Å². The molecule has 0 saturated carbocycles. The number of nitrogens with zero attached hydrogens (tertiary/aromatic N) is 7. The molecule has 0 bridgehead atoms. The van der Waals surface area contributed by atoms with Crippen LogP contribution in [0.15, 0.2) is 42.7 Å². The van der Waals surface area contributed by atoms with Crippen LogP contribution in [-0.2, 0) is 4.79 Å². The number of carbonyl (C=O) groups excluding carboxylic acids is 1. The molecule has 2 unspecified atom stereocenters. The van der Waals surface area contributed by atoms with E-state index >= 15 is 0 Å². The number of piperazine rings is 1. The van der Waals surface area contributed by atoms with Crippen molar-refractivity contribution >= 4 is 23.2 Å². The van der Waals surface area contributed by atoms with Crippen LogP contribution in [0.4, 0.5) is 26.1 Å². The first-order valence-corrected chi connectivity index (χ1v) is 14.6. The highest BCUT2D eigenvalue weighted by Gasteiger charge is 2.48. The monoisotopic (exact) mass is 622 g/mol. The van der Waals surface area contributed by atoms with E-state index in [0.717, 1.165) is 30.2 Å². The molecule has 5 rings (SSSR count). The van der Waals surface area contributed by atoms with Crippen molar-refractivity contribution < 1.29 is 28.2 Å². The summed E-state index contributed by atoms with van der Waals surface area (Å²) in [5.74, 6) is -2.68. The van der Waals surface area contributed by atoms with Gasteiger partial charge in [0.05, 0.1) is 24.9 Å². The normalized spacial score (nSPS) is 20.7. The van der Waals surface area contributed by atoms with Crippen molar-refractivity contribution in [3.63, 3.8) is 0 Å². The number of alkyl halides is 2. The maximum atomic E-state index is 14.9. The van der Waals surface area contributed by atoms with Crippen LogP contribution in [0.2, 0.25) is 0 Å². The van der Waals surface area contributed by atoms with Crippen molar-refractivity contribution in [1.29, 1.82) is 5.26 Å². The largest absolute Gasteiger partial charge is 0.483 e. The molecule has 3 aromatic rings. The van der Waals surface area contributed by atoms with Gasteiger partial charge in [0.15, 0.2) is 6.10 Å². The minimum absolute atomic E-state index is 0.000221. The van der Waals surface area contributed by atoms with Crippen LogP contribution in [-0.4, -0.2) is 107 Å². The van der Waals surface area contributed by atoms with Crippen molar-refractivity contribution in [2.45, 2.75) is 44.4 Å². The summed E-state index contributed by atoms with van der Waals surface area (Å²) in [4.78, 5) is 30.7. The third-order valence-electron chi connectivity index (χ3n) is 8.13. The van der Waals surface area contributed by atoms with E-state index in [9.17, 15) is 23.9 Å². The zero-order valence-corrected chi connectivity index (χ0v) is 25.6. The minimum Gasteiger partial charge on any atom is -0.483 e. The minimum atomic E-state index is -3.38. The first-order valence-electron chi connectivity index (χ1n) is 14.6. The van der Waals surface area contributed by atoms with Crippen LogP contribution in [0, 0.1) is 11.3 Å². The second kappa shape index (κ2) is 13.2. The van der Waals surface area contributed by atoms with Crippen molar-refractivity contribution in [1.82, 2.24) is 24.8 Å². The highest BCUT2D eigenvalue weighted by Crippen LogP contribution is 2.35. The summed E-state index contributed by atoms with van der Waals surface area (Å²) < 4.78 is 41.0. The highest BCUT2D eigenvalue weighted by atomic mass is 19.3. The molecule has 2 fully saturated rings. The SMILES string of the molecule is COc1nc(Nc2cc(-c3ccc(OC4CCN(C(=O)C(C)O)CC4(F)F)c(C#N)c3)ncn2)ccc1N1CCN(C)[C@@H](C)C1. The molecule has 0 radical (unpaired) electrons. The molecule has 2 aliphatic heterocycles. The predicted molar refractivity (Wildman–Crippen MR) is 163 cm³/mol. The van der Waals surface area contributed by atoms with Gasteiger partial charge in [-0.15, -0.1) is 0 Å². The lowest BCUT2D eigenvalue weighted by atomic mass is 10.0. The average molecular weight is 623 g/mol. The van der Waals surface area contributed by atoms with Gasteiger partial charge in [-0.2, -0.15) is 10.2 Å². The van der Waals surface area contributed by atoms with Gasteiger partial charge in [-0.1, -0.05) is 0 Å². The number of aliphatic hydroxyl groups excluding tert-OH is 1. The number of aliphatic hydroxyl groups is 1. The average Bonchev–Trinajstić information content (AvgIpc) is 3.03. The molecular formula is C31H36F2N8O4. The first kappa shape index (κ1) is 31.8. The molecule has 2 saturated heterocycles. The van der Waals surface area contributed by atoms with E-state index in [1.165, 1.54) is 25.4 Å². The Morgan fingerprint density at radius 1 is 1.18 bits per heavy atom. The number of piperidine rings is 1. The van der Waals surface area contributed by atoms with E-state index in [1.54, 1.807) is 19.2 Å². The fourth-order valence-corrected chi connectivity index (χ4v) is 5.43. The van der Waals surface area contributed by atoms with Gasteiger partial charge in [0.2, 0.25) is 5.88 Å². The van der Waals surface area contributed by atoms with Crippen molar-refractivity contribution in [3.8, 4) is 29.0 Å². The second-order valence-corrected chi connectivity index (χ2v) is 11.3. The van der Waals surface area contributed by atoms with Crippen molar-refractivity contribution in [2.24, 2.45) is 0 Å². The number of halogens is 2. The lowest BCUT2D eigenvalue weighted by Gasteiger charge is -2.39. The summed E-state index contributed by atoms with van der Waals surface area (Å²) in [6.07, 6.45) is -1.70. The molecule has 14 heteroatoms. The lowest BCUT2D eigenvalue weighted by Crippen LogP contribution is -2.56. The molecule has 12 nitrogen and oxygen atoms in total. The number of likely N-dealkylation sites (tertiary alicyclic amines) is 1. The van der Waals surface area contributed by atoms with Gasteiger partial charge >= 0.3 is 5.92 Å². The number of hydrogen-bond acceptors (Lipinski definition) is 11.